The number of hydrogen-bond acceptors (Lipinski definition) is 2. The number of aliphatic imine (C=N–C) groups is 1. The van der Waals surface area contributed by atoms with Crippen molar-refractivity contribution in [1.29, 1.82) is 0 Å². The van der Waals surface area contributed by atoms with E-state index in [0.29, 0.717) is 15.7 Å². The molecule has 0 saturated heterocycles. The lowest BCUT2D eigenvalue weighted by molar-refractivity contribution is 1.01. The van der Waals surface area contributed by atoms with Crippen LogP contribution in [0.3, 0.4) is 0 Å². The number of hydrogen-bond donors (Lipinski definition) is 2. The first-order valence-electron chi connectivity index (χ1n) is 5.78. The van der Waals surface area contributed by atoms with Gasteiger partial charge in [-0.05, 0) is 42.0 Å². The van der Waals surface area contributed by atoms with Crippen LogP contribution in [0.2, 0.25) is 10.0 Å². The molecular weight excluding hydrogens is 295 g/mol. The molecule has 0 aromatic heterocycles. The predicted molar refractivity (Wildman–Crippen MR) is 84.9 cm³/mol. The molecule has 0 aliphatic heterocycles. The van der Waals surface area contributed by atoms with Crippen LogP contribution in [0, 0.1) is 0 Å². The van der Waals surface area contributed by atoms with Crippen molar-refractivity contribution in [1.82, 2.24) is 5.43 Å². The van der Waals surface area contributed by atoms with Crippen LogP contribution >= 0.6 is 23.2 Å². The number of nitrogens with two attached hydrogens (primary N) is 1. The normalized spacial score (nSPS) is 11.8. The van der Waals surface area contributed by atoms with Gasteiger partial charge in [-0.3, -0.25) is 0 Å². The summed E-state index contributed by atoms with van der Waals surface area (Å²) < 4.78 is 0. The van der Waals surface area contributed by atoms with Crippen molar-refractivity contribution >= 4 is 41.1 Å². The average Bonchev–Trinajstić information content (AvgIpc) is 2.44. The summed E-state index contributed by atoms with van der Waals surface area (Å²) in [5.41, 5.74) is 9.94. The Bertz CT molecular complexity index is 619. The van der Waals surface area contributed by atoms with E-state index in [1.807, 2.05) is 12.1 Å². The molecule has 0 spiro atoms. The molecule has 20 heavy (non-hydrogen) atoms. The zero-order valence-electron chi connectivity index (χ0n) is 10.4. The van der Waals surface area contributed by atoms with Crippen molar-refractivity contribution < 1.29 is 0 Å². The average molecular weight is 307 g/mol. The second-order valence-electron chi connectivity index (χ2n) is 3.90. The van der Waals surface area contributed by atoms with Gasteiger partial charge in [0, 0.05) is 10.0 Å². The van der Waals surface area contributed by atoms with Crippen molar-refractivity contribution in [2.24, 2.45) is 15.8 Å². The van der Waals surface area contributed by atoms with Crippen molar-refractivity contribution in [3.63, 3.8) is 0 Å². The number of guanidine groups is 1. The molecule has 0 aliphatic carbocycles. The van der Waals surface area contributed by atoms with E-state index in [0.717, 1.165) is 5.56 Å². The fourth-order valence-electron chi connectivity index (χ4n) is 1.40. The van der Waals surface area contributed by atoms with Crippen LogP contribution < -0.4 is 11.2 Å². The van der Waals surface area contributed by atoms with E-state index in [2.05, 4.69) is 15.5 Å². The van der Waals surface area contributed by atoms with Crippen LogP contribution in [-0.2, 0) is 0 Å². The summed E-state index contributed by atoms with van der Waals surface area (Å²) in [6.07, 6.45) is 1.63. The Morgan fingerprint density at radius 2 is 1.50 bits per heavy atom. The predicted octanol–water partition coefficient (Wildman–Crippen LogP) is 3.56. The molecule has 102 valence electrons. The summed E-state index contributed by atoms with van der Waals surface area (Å²) in [5.74, 6) is 0.192. The molecule has 0 unspecified atom stereocenters. The third-order valence-corrected chi connectivity index (χ3v) is 2.84. The summed E-state index contributed by atoms with van der Waals surface area (Å²) in [6.45, 7) is 0. The Labute approximate surface area is 126 Å². The summed E-state index contributed by atoms with van der Waals surface area (Å²) in [7, 11) is 0. The lowest BCUT2D eigenvalue weighted by atomic mass is 10.2. The van der Waals surface area contributed by atoms with Gasteiger partial charge >= 0.3 is 0 Å². The lowest BCUT2D eigenvalue weighted by Gasteiger charge is -1.99. The molecule has 0 fully saturated rings. The highest BCUT2D eigenvalue weighted by molar-refractivity contribution is 6.30. The van der Waals surface area contributed by atoms with Crippen molar-refractivity contribution in [2.45, 2.75) is 0 Å². The number of halogens is 2. The van der Waals surface area contributed by atoms with Gasteiger partial charge in [-0.15, -0.1) is 0 Å². The topological polar surface area (TPSA) is 62.8 Å². The Kier molecular flexibility index (Phi) is 4.98. The van der Waals surface area contributed by atoms with E-state index >= 15 is 0 Å². The molecule has 0 amide bonds. The lowest BCUT2D eigenvalue weighted by Crippen LogP contribution is -2.26. The minimum absolute atomic E-state index is 0.192. The van der Waals surface area contributed by atoms with Gasteiger partial charge in [0.2, 0.25) is 5.96 Å². The van der Waals surface area contributed by atoms with Crippen LogP contribution in [0.15, 0.2) is 58.6 Å². The first-order valence-corrected chi connectivity index (χ1v) is 6.53. The highest BCUT2D eigenvalue weighted by atomic mass is 35.5. The van der Waals surface area contributed by atoms with Gasteiger partial charge in [-0.25, -0.2) is 10.4 Å². The third-order valence-electron chi connectivity index (χ3n) is 2.34. The van der Waals surface area contributed by atoms with Crippen molar-refractivity contribution in [3.05, 3.63) is 64.1 Å². The number of nitrogens with zero attached hydrogens (tertiary/aromatic N) is 2. The van der Waals surface area contributed by atoms with Crippen LogP contribution in [-0.4, -0.2) is 12.2 Å². The van der Waals surface area contributed by atoms with Crippen LogP contribution in [0.5, 0.6) is 0 Å². The number of hydrazone groups is 1. The molecule has 0 bridgehead atoms. The van der Waals surface area contributed by atoms with E-state index in [4.69, 9.17) is 28.9 Å². The van der Waals surface area contributed by atoms with E-state index < -0.39 is 0 Å². The quantitative estimate of drug-likeness (QED) is 0.517. The second kappa shape index (κ2) is 6.93. The molecular formula is C14H12Cl2N4. The fraction of sp³-hybridized carbons (Fsp3) is 0. The highest BCUT2D eigenvalue weighted by Gasteiger charge is 1.93. The summed E-state index contributed by atoms with van der Waals surface area (Å²) in [6, 6.07) is 14.3. The number of benzene rings is 2. The Hall–Kier alpha value is -2.04. The molecule has 0 heterocycles. The SMILES string of the molecule is NC(=Nc1ccc(Cl)cc1)NN=Cc1ccc(Cl)cc1. The Balaban J connectivity index is 1.96. The number of rotatable bonds is 3. The molecule has 4 nitrogen and oxygen atoms in total. The second-order valence-corrected chi connectivity index (χ2v) is 4.77. The van der Waals surface area contributed by atoms with Gasteiger partial charge < -0.3 is 5.73 Å². The van der Waals surface area contributed by atoms with Crippen LogP contribution in [0.1, 0.15) is 5.56 Å². The maximum Gasteiger partial charge on any atom is 0.214 e. The van der Waals surface area contributed by atoms with E-state index in [-0.39, 0.29) is 5.96 Å². The van der Waals surface area contributed by atoms with Gasteiger partial charge in [0.05, 0.1) is 11.9 Å². The van der Waals surface area contributed by atoms with Gasteiger partial charge in [0.1, 0.15) is 0 Å². The monoisotopic (exact) mass is 306 g/mol. The summed E-state index contributed by atoms with van der Waals surface area (Å²) >= 11 is 11.6. The molecule has 6 heteroatoms. The zero-order chi connectivity index (χ0) is 14.4. The first-order chi connectivity index (χ1) is 9.63. The van der Waals surface area contributed by atoms with E-state index in [9.17, 15) is 0 Å². The summed E-state index contributed by atoms with van der Waals surface area (Å²) in [4.78, 5) is 4.14. The maximum atomic E-state index is 5.79. The Morgan fingerprint density at radius 1 is 0.950 bits per heavy atom. The van der Waals surface area contributed by atoms with Gasteiger partial charge in [-0.2, -0.15) is 5.10 Å². The molecule has 2 aromatic carbocycles. The smallest absolute Gasteiger partial charge is 0.214 e. The van der Waals surface area contributed by atoms with E-state index in [1.165, 1.54) is 0 Å². The van der Waals surface area contributed by atoms with Gasteiger partial charge in [0.15, 0.2) is 0 Å². The minimum atomic E-state index is 0.192. The van der Waals surface area contributed by atoms with Gasteiger partial charge in [0.25, 0.3) is 0 Å². The van der Waals surface area contributed by atoms with Crippen molar-refractivity contribution in [3.8, 4) is 0 Å². The minimum Gasteiger partial charge on any atom is -0.368 e. The third kappa shape index (κ3) is 4.57. The molecule has 2 rings (SSSR count). The van der Waals surface area contributed by atoms with Crippen LogP contribution in [0.4, 0.5) is 5.69 Å². The maximum absolute atomic E-state index is 5.79. The molecule has 0 aliphatic rings. The van der Waals surface area contributed by atoms with Gasteiger partial charge in [-0.1, -0.05) is 35.3 Å². The van der Waals surface area contributed by atoms with Crippen molar-refractivity contribution in [2.75, 3.05) is 0 Å². The highest BCUT2D eigenvalue weighted by Crippen LogP contribution is 2.15. The molecule has 0 atom stereocenters. The molecule has 0 saturated carbocycles. The Morgan fingerprint density at radius 3 is 2.10 bits per heavy atom. The zero-order valence-corrected chi connectivity index (χ0v) is 11.9. The fourth-order valence-corrected chi connectivity index (χ4v) is 1.65. The molecule has 0 radical (unpaired) electrons. The summed E-state index contributed by atoms with van der Waals surface area (Å²) in [5, 5.41) is 5.31. The molecule has 2 aromatic rings. The van der Waals surface area contributed by atoms with E-state index in [1.54, 1.807) is 42.6 Å². The van der Waals surface area contributed by atoms with Crippen LogP contribution in [0.25, 0.3) is 0 Å². The number of nitrogens with one attached hydrogen (secondary N) is 1. The largest absolute Gasteiger partial charge is 0.368 e. The molecule has 3 N–H and O–H groups in total. The first kappa shape index (κ1) is 14.4. The standard InChI is InChI=1S/C14H12Cl2N4/c15-11-3-1-10(2-4-11)9-18-20-14(17)19-13-7-5-12(16)6-8-13/h1-9H,(H3,17,19,20).